The van der Waals surface area contributed by atoms with E-state index in [1.165, 1.54) is 366 Å². The number of rotatable bonds is 75. The summed E-state index contributed by atoms with van der Waals surface area (Å²) >= 11 is 0. The molecule has 6 heteroatoms. The highest BCUT2D eigenvalue weighted by molar-refractivity contribution is 5.76. The van der Waals surface area contributed by atoms with Gasteiger partial charge in [-0.3, -0.25) is 9.59 Å². The highest BCUT2D eigenvalue weighted by Gasteiger charge is 2.18. The topological polar surface area (TPSA) is 95.9 Å². The number of aliphatic hydroxyl groups is 2. The van der Waals surface area contributed by atoms with Gasteiger partial charge < -0.3 is 20.3 Å². The van der Waals surface area contributed by atoms with E-state index >= 15 is 0 Å². The second-order valence-corrected chi connectivity index (χ2v) is 27.4. The van der Waals surface area contributed by atoms with Gasteiger partial charge in [-0.05, 0) is 57.8 Å². The number of unbranched alkanes of at least 4 members (excludes halogenated alkanes) is 60. The molecule has 87 heavy (non-hydrogen) atoms. The Hall–Kier alpha value is -1.92. The number of ether oxygens (including phenoxy) is 1. The number of hydrogen-bond acceptors (Lipinski definition) is 5. The first-order chi connectivity index (χ1) is 43.0. The van der Waals surface area contributed by atoms with Crippen LogP contribution in [0.25, 0.3) is 0 Å². The first-order valence-corrected chi connectivity index (χ1v) is 39.8. The van der Waals surface area contributed by atoms with Crippen LogP contribution in [0.4, 0.5) is 0 Å². The van der Waals surface area contributed by atoms with Crippen molar-refractivity contribution in [3.63, 3.8) is 0 Å². The largest absolute Gasteiger partial charge is 0.466 e. The number of carbonyl (C=O) groups excluding carboxylic acids is 2. The molecule has 2 atom stereocenters. The van der Waals surface area contributed by atoms with E-state index < -0.39 is 12.1 Å². The van der Waals surface area contributed by atoms with E-state index in [1.54, 1.807) is 6.08 Å². The maximum atomic E-state index is 12.5. The molecule has 0 aromatic rings. The molecule has 514 valence electrons. The molecule has 0 spiro atoms. The number of esters is 1. The van der Waals surface area contributed by atoms with Crippen molar-refractivity contribution >= 4 is 11.9 Å². The van der Waals surface area contributed by atoms with Gasteiger partial charge in [-0.25, -0.2) is 0 Å². The van der Waals surface area contributed by atoms with Crippen LogP contribution in [-0.2, 0) is 14.3 Å². The fourth-order valence-electron chi connectivity index (χ4n) is 12.6. The highest BCUT2D eigenvalue weighted by atomic mass is 16.5. The Bertz CT molecular complexity index is 1410. The lowest BCUT2D eigenvalue weighted by molar-refractivity contribution is -0.143. The summed E-state index contributed by atoms with van der Waals surface area (Å²) in [6.07, 6.45) is 100.0. The summed E-state index contributed by atoms with van der Waals surface area (Å²) in [5.74, 6) is -0.0491. The maximum Gasteiger partial charge on any atom is 0.305 e. The van der Waals surface area contributed by atoms with E-state index in [0.717, 1.165) is 51.4 Å². The van der Waals surface area contributed by atoms with Crippen LogP contribution in [0.5, 0.6) is 0 Å². The van der Waals surface area contributed by atoms with Gasteiger partial charge >= 0.3 is 5.97 Å². The van der Waals surface area contributed by atoms with Crippen molar-refractivity contribution in [1.29, 1.82) is 0 Å². The van der Waals surface area contributed by atoms with Crippen molar-refractivity contribution in [2.24, 2.45) is 0 Å². The van der Waals surface area contributed by atoms with Gasteiger partial charge in [-0.15, -0.1) is 0 Å². The van der Waals surface area contributed by atoms with Crippen molar-refractivity contribution in [3.8, 4) is 0 Å². The molecule has 1 amide bonds. The Balaban J connectivity index is 3.31. The summed E-state index contributed by atoms with van der Waals surface area (Å²) in [7, 11) is 0. The summed E-state index contributed by atoms with van der Waals surface area (Å²) in [6, 6.07) is -0.623. The van der Waals surface area contributed by atoms with E-state index in [0.29, 0.717) is 19.4 Å². The quantitative estimate of drug-likeness (QED) is 0.0320. The summed E-state index contributed by atoms with van der Waals surface area (Å²) in [5, 5.41) is 23.2. The SMILES string of the molecule is CCC/C=C\C/C=C\CCCCCCCC(=O)OCCCCCCCCCCCCCCCCCCCCCCCCCCCCCCCCCCCCCCCCCC(=O)NC(CO)C(O)/C=C/CCCCCCCCCCCCCCCCCC. The van der Waals surface area contributed by atoms with Gasteiger partial charge in [-0.2, -0.15) is 0 Å². The summed E-state index contributed by atoms with van der Waals surface area (Å²) in [6.45, 7) is 4.88. The van der Waals surface area contributed by atoms with Crippen LogP contribution in [0, 0.1) is 0 Å². The van der Waals surface area contributed by atoms with E-state index in [9.17, 15) is 19.8 Å². The van der Waals surface area contributed by atoms with Crippen LogP contribution in [0.3, 0.4) is 0 Å². The minimum absolute atomic E-state index is 0.00891. The summed E-state index contributed by atoms with van der Waals surface area (Å²) in [4.78, 5) is 24.6. The van der Waals surface area contributed by atoms with Crippen LogP contribution >= 0.6 is 0 Å². The molecule has 0 saturated heterocycles. The predicted octanol–water partition coefficient (Wildman–Crippen LogP) is 26.2. The van der Waals surface area contributed by atoms with E-state index in [2.05, 4.69) is 43.5 Å². The van der Waals surface area contributed by atoms with E-state index in [4.69, 9.17) is 4.74 Å². The molecular weight excluding hydrogens is 1070 g/mol. The molecule has 0 aromatic heterocycles. The van der Waals surface area contributed by atoms with Crippen LogP contribution < -0.4 is 5.32 Å². The molecule has 3 N–H and O–H groups in total. The van der Waals surface area contributed by atoms with Crippen molar-refractivity contribution < 1.29 is 24.5 Å². The number of amides is 1. The zero-order chi connectivity index (χ0) is 62.8. The number of carbonyl (C=O) groups is 2. The van der Waals surface area contributed by atoms with Crippen LogP contribution in [-0.4, -0.2) is 47.4 Å². The minimum atomic E-state index is -0.841. The first-order valence-electron chi connectivity index (χ1n) is 39.8. The van der Waals surface area contributed by atoms with E-state index in [-0.39, 0.29) is 18.5 Å². The van der Waals surface area contributed by atoms with Gasteiger partial charge in [0.25, 0.3) is 0 Å². The zero-order valence-electron chi connectivity index (χ0n) is 59.0. The summed E-state index contributed by atoms with van der Waals surface area (Å²) < 4.78 is 5.48. The lowest BCUT2D eigenvalue weighted by atomic mass is 10.0. The van der Waals surface area contributed by atoms with Crippen LogP contribution in [0.15, 0.2) is 36.5 Å². The molecule has 0 rings (SSSR count). The van der Waals surface area contributed by atoms with Crippen LogP contribution in [0.1, 0.15) is 444 Å². The standard InChI is InChI=1S/C81H155NO5/c1-3-5-7-9-11-13-15-17-18-19-43-46-50-53-57-61-65-69-73-79(84)78(77-83)82-80(85)74-70-66-62-58-54-51-47-44-41-39-37-35-33-31-29-27-25-23-21-20-22-24-26-28-30-32-34-36-38-40-42-45-48-52-56-60-64-68-72-76-87-81(86)75-71-67-63-59-55-49-16-14-12-10-8-6-4-2/h8,10,14,16,69,73,78-79,83-84H,3-7,9,11-13,15,17-68,70-72,74-77H2,1-2H3,(H,82,85)/b10-8-,16-14-,73-69+. The normalized spacial score (nSPS) is 12.6. The van der Waals surface area contributed by atoms with Gasteiger partial charge in [0.2, 0.25) is 5.91 Å². The third-order valence-corrected chi connectivity index (χ3v) is 18.6. The molecule has 0 saturated carbocycles. The number of nitrogens with one attached hydrogen (secondary N) is 1. The second-order valence-electron chi connectivity index (χ2n) is 27.4. The van der Waals surface area contributed by atoms with Gasteiger partial charge in [0.1, 0.15) is 0 Å². The first kappa shape index (κ1) is 85.1. The van der Waals surface area contributed by atoms with Crippen LogP contribution in [0.2, 0.25) is 0 Å². The smallest absolute Gasteiger partial charge is 0.305 e. The molecule has 0 fully saturated rings. The molecular formula is C81H155NO5. The molecule has 0 heterocycles. The Labute approximate surface area is 544 Å². The molecule has 0 aliphatic rings. The molecule has 0 aliphatic carbocycles. The Morgan fingerprint density at radius 2 is 0.598 bits per heavy atom. The Kier molecular flexibility index (Phi) is 74.8. The lowest BCUT2D eigenvalue weighted by Gasteiger charge is -2.20. The van der Waals surface area contributed by atoms with Crippen molar-refractivity contribution in [2.45, 2.75) is 456 Å². The van der Waals surface area contributed by atoms with Gasteiger partial charge in [-0.1, -0.05) is 410 Å². The Morgan fingerprint density at radius 1 is 0.322 bits per heavy atom. The van der Waals surface area contributed by atoms with Crippen molar-refractivity contribution in [2.75, 3.05) is 13.2 Å². The third kappa shape index (κ3) is 73.0. The van der Waals surface area contributed by atoms with Gasteiger partial charge in [0.05, 0.1) is 25.4 Å². The van der Waals surface area contributed by atoms with Gasteiger partial charge in [0.15, 0.2) is 0 Å². The molecule has 0 radical (unpaired) electrons. The lowest BCUT2D eigenvalue weighted by Crippen LogP contribution is -2.45. The molecule has 6 nitrogen and oxygen atoms in total. The molecule has 0 aliphatic heterocycles. The second kappa shape index (κ2) is 76.5. The monoisotopic (exact) mass is 1220 g/mol. The molecule has 0 aromatic carbocycles. The average Bonchev–Trinajstić information content (AvgIpc) is 3.55. The minimum Gasteiger partial charge on any atom is -0.466 e. The molecule has 2 unspecified atom stereocenters. The third-order valence-electron chi connectivity index (χ3n) is 18.6. The average molecular weight is 1220 g/mol. The number of allylic oxidation sites excluding steroid dienone is 5. The van der Waals surface area contributed by atoms with Crippen molar-refractivity contribution in [3.05, 3.63) is 36.5 Å². The maximum absolute atomic E-state index is 12.5. The Morgan fingerprint density at radius 3 is 0.920 bits per heavy atom. The predicted molar refractivity (Wildman–Crippen MR) is 384 cm³/mol. The van der Waals surface area contributed by atoms with E-state index in [1.807, 2.05) is 6.08 Å². The fraction of sp³-hybridized carbons (Fsp3) is 0.901. The van der Waals surface area contributed by atoms with Gasteiger partial charge in [0, 0.05) is 12.8 Å². The zero-order valence-corrected chi connectivity index (χ0v) is 59.0. The number of aliphatic hydroxyl groups excluding tert-OH is 2. The summed E-state index contributed by atoms with van der Waals surface area (Å²) in [5.41, 5.74) is 0. The fourth-order valence-corrected chi connectivity index (χ4v) is 12.6. The highest BCUT2D eigenvalue weighted by Crippen LogP contribution is 2.20. The molecule has 0 bridgehead atoms. The number of hydrogen-bond donors (Lipinski definition) is 3. The van der Waals surface area contributed by atoms with Crippen molar-refractivity contribution in [1.82, 2.24) is 5.32 Å².